The Bertz CT molecular complexity index is 1070. The van der Waals surface area contributed by atoms with E-state index in [-0.39, 0.29) is 5.75 Å². The highest BCUT2D eigenvalue weighted by Crippen LogP contribution is 2.35. The summed E-state index contributed by atoms with van der Waals surface area (Å²) in [5.74, 6) is 0.126. The smallest absolute Gasteiger partial charge is 0.196 e. The lowest BCUT2D eigenvalue weighted by Gasteiger charge is -2.03. The van der Waals surface area contributed by atoms with Gasteiger partial charge in [-0.1, -0.05) is 60.7 Å². The number of hydrogen-bond acceptors (Lipinski definition) is 3. The summed E-state index contributed by atoms with van der Waals surface area (Å²) in [5.41, 5.74) is 2.44. The van der Waals surface area contributed by atoms with Gasteiger partial charge in [-0.25, -0.2) is 0 Å². The van der Waals surface area contributed by atoms with E-state index in [4.69, 9.17) is 0 Å². The van der Waals surface area contributed by atoms with E-state index in [1.54, 1.807) is 6.07 Å². The van der Waals surface area contributed by atoms with Gasteiger partial charge in [0.05, 0.1) is 0 Å². The average molecular weight is 340 g/mol. The van der Waals surface area contributed by atoms with Crippen LogP contribution in [0.2, 0.25) is 0 Å². The van der Waals surface area contributed by atoms with Crippen molar-refractivity contribution in [2.24, 2.45) is 10.2 Å². The zero-order valence-corrected chi connectivity index (χ0v) is 14.2. The number of aromatic hydroxyl groups is 1. The summed E-state index contributed by atoms with van der Waals surface area (Å²) < 4.78 is 2.06. The standard InChI is InChI=1S/C22H17N3O/c26-21-13-12-18-9-4-5-11-20(18)22(21)24-23-19-10-6-14-25(16-19)15-17-7-2-1-3-8-17/h1-14,16H,15H2/p+1. The zero-order valence-electron chi connectivity index (χ0n) is 14.2. The molecule has 0 aliphatic heterocycles. The van der Waals surface area contributed by atoms with Gasteiger partial charge in [-0.2, -0.15) is 4.57 Å². The van der Waals surface area contributed by atoms with Crippen molar-refractivity contribution in [3.05, 3.63) is 96.8 Å². The van der Waals surface area contributed by atoms with Crippen molar-refractivity contribution in [2.45, 2.75) is 6.54 Å². The normalized spacial score (nSPS) is 11.2. The Morgan fingerprint density at radius 2 is 1.58 bits per heavy atom. The second kappa shape index (κ2) is 7.15. The maximum atomic E-state index is 10.2. The van der Waals surface area contributed by atoms with E-state index in [9.17, 15) is 5.11 Å². The molecule has 0 atom stereocenters. The molecule has 4 aromatic rings. The molecule has 1 aromatic heterocycles. The number of phenols is 1. The Labute approximate surface area is 151 Å². The molecular formula is C22H18N3O+. The predicted octanol–water partition coefficient (Wildman–Crippen LogP) is 5.30. The number of azo groups is 1. The third-order valence-corrected chi connectivity index (χ3v) is 4.20. The minimum absolute atomic E-state index is 0.126. The van der Waals surface area contributed by atoms with Crippen molar-refractivity contribution in [3.8, 4) is 5.75 Å². The van der Waals surface area contributed by atoms with E-state index >= 15 is 0 Å². The number of aromatic nitrogens is 1. The lowest BCUT2D eigenvalue weighted by Crippen LogP contribution is -2.32. The van der Waals surface area contributed by atoms with Gasteiger partial charge in [0.1, 0.15) is 17.1 Å². The second-order valence-corrected chi connectivity index (χ2v) is 6.07. The fourth-order valence-electron chi connectivity index (χ4n) is 2.92. The minimum atomic E-state index is 0.126. The van der Waals surface area contributed by atoms with Crippen molar-refractivity contribution >= 4 is 22.1 Å². The predicted molar refractivity (Wildman–Crippen MR) is 102 cm³/mol. The Balaban J connectivity index is 1.64. The van der Waals surface area contributed by atoms with Gasteiger partial charge in [0, 0.05) is 17.0 Å². The monoisotopic (exact) mass is 340 g/mol. The molecule has 0 spiro atoms. The molecule has 1 heterocycles. The molecule has 0 radical (unpaired) electrons. The topological polar surface area (TPSA) is 48.8 Å². The van der Waals surface area contributed by atoms with Gasteiger partial charge in [0.2, 0.25) is 0 Å². The fraction of sp³-hybridized carbons (Fsp3) is 0.0455. The van der Waals surface area contributed by atoms with Crippen LogP contribution < -0.4 is 4.57 Å². The highest BCUT2D eigenvalue weighted by atomic mass is 16.3. The van der Waals surface area contributed by atoms with Crippen LogP contribution in [0.15, 0.2) is 101 Å². The molecule has 0 saturated carbocycles. The Morgan fingerprint density at radius 1 is 0.769 bits per heavy atom. The van der Waals surface area contributed by atoms with Crippen LogP contribution >= 0.6 is 0 Å². The van der Waals surface area contributed by atoms with E-state index in [0.717, 1.165) is 23.0 Å². The molecule has 0 amide bonds. The molecule has 26 heavy (non-hydrogen) atoms. The van der Waals surface area contributed by atoms with Gasteiger partial charge in [-0.05, 0) is 17.5 Å². The Kier molecular flexibility index (Phi) is 4.39. The zero-order chi connectivity index (χ0) is 17.8. The van der Waals surface area contributed by atoms with Gasteiger partial charge in [-0.15, -0.1) is 10.2 Å². The molecule has 126 valence electrons. The maximum Gasteiger partial charge on any atom is 0.196 e. The van der Waals surface area contributed by atoms with E-state index in [0.29, 0.717) is 5.69 Å². The largest absolute Gasteiger partial charge is 0.506 e. The number of rotatable bonds is 4. The molecule has 3 aromatic carbocycles. The van der Waals surface area contributed by atoms with Crippen LogP contribution in [-0.4, -0.2) is 5.11 Å². The molecule has 0 aliphatic rings. The van der Waals surface area contributed by atoms with Gasteiger partial charge in [-0.3, -0.25) is 0 Å². The van der Waals surface area contributed by atoms with Crippen LogP contribution in [0.5, 0.6) is 5.75 Å². The van der Waals surface area contributed by atoms with Gasteiger partial charge < -0.3 is 5.11 Å². The van der Waals surface area contributed by atoms with Crippen LogP contribution in [-0.2, 0) is 6.54 Å². The fourth-order valence-corrected chi connectivity index (χ4v) is 2.92. The van der Waals surface area contributed by atoms with Crippen LogP contribution in [0.4, 0.5) is 11.4 Å². The van der Waals surface area contributed by atoms with Crippen molar-refractivity contribution in [1.29, 1.82) is 0 Å². The molecule has 0 unspecified atom stereocenters. The van der Waals surface area contributed by atoms with Crippen molar-refractivity contribution < 1.29 is 9.67 Å². The summed E-state index contributed by atoms with van der Waals surface area (Å²) in [4.78, 5) is 0. The molecule has 0 aliphatic carbocycles. The SMILES string of the molecule is Oc1ccc2ccccc2c1N=Nc1ccc[n+](Cc2ccccc2)c1. The van der Waals surface area contributed by atoms with Gasteiger partial charge >= 0.3 is 0 Å². The van der Waals surface area contributed by atoms with E-state index in [1.165, 1.54) is 5.56 Å². The highest BCUT2D eigenvalue weighted by Gasteiger charge is 2.07. The number of hydrogen-bond donors (Lipinski definition) is 1. The summed E-state index contributed by atoms with van der Waals surface area (Å²) in [5, 5.41) is 20.7. The minimum Gasteiger partial charge on any atom is -0.506 e. The summed E-state index contributed by atoms with van der Waals surface area (Å²) in [6, 6.07) is 25.4. The number of nitrogens with zero attached hydrogens (tertiary/aromatic N) is 3. The molecule has 4 heteroatoms. The first-order valence-corrected chi connectivity index (χ1v) is 8.45. The third kappa shape index (κ3) is 3.44. The molecular weight excluding hydrogens is 322 g/mol. The average Bonchev–Trinajstić information content (AvgIpc) is 2.68. The van der Waals surface area contributed by atoms with Gasteiger partial charge in [0.25, 0.3) is 0 Å². The van der Waals surface area contributed by atoms with Crippen molar-refractivity contribution in [2.75, 3.05) is 0 Å². The second-order valence-electron chi connectivity index (χ2n) is 6.07. The first-order valence-electron chi connectivity index (χ1n) is 8.45. The summed E-state index contributed by atoms with van der Waals surface area (Å²) >= 11 is 0. The molecule has 0 fully saturated rings. The molecule has 0 bridgehead atoms. The third-order valence-electron chi connectivity index (χ3n) is 4.20. The summed E-state index contributed by atoms with van der Waals surface area (Å²) in [7, 11) is 0. The lowest BCUT2D eigenvalue weighted by atomic mass is 10.1. The highest BCUT2D eigenvalue weighted by molar-refractivity contribution is 5.95. The van der Waals surface area contributed by atoms with Crippen molar-refractivity contribution in [1.82, 2.24) is 0 Å². The molecule has 0 saturated heterocycles. The van der Waals surface area contributed by atoms with Crippen LogP contribution in [0.1, 0.15) is 5.56 Å². The van der Waals surface area contributed by atoms with E-state index < -0.39 is 0 Å². The number of phenolic OH excluding ortho intramolecular Hbond substituents is 1. The van der Waals surface area contributed by atoms with Crippen LogP contribution in [0.3, 0.4) is 0 Å². The quantitative estimate of drug-likeness (QED) is 0.398. The van der Waals surface area contributed by atoms with E-state index in [2.05, 4.69) is 26.9 Å². The van der Waals surface area contributed by atoms with Crippen LogP contribution in [0.25, 0.3) is 10.8 Å². The Hall–Kier alpha value is -3.53. The van der Waals surface area contributed by atoms with Crippen LogP contribution in [0, 0.1) is 0 Å². The van der Waals surface area contributed by atoms with Crippen molar-refractivity contribution in [3.63, 3.8) is 0 Å². The summed E-state index contributed by atoms with van der Waals surface area (Å²) in [6.45, 7) is 0.768. The number of fused-ring (bicyclic) bond motifs is 1. The Morgan fingerprint density at radius 3 is 2.46 bits per heavy atom. The lowest BCUT2D eigenvalue weighted by molar-refractivity contribution is -0.687. The van der Waals surface area contributed by atoms with E-state index in [1.807, 2.05) is 73.1 Å². The number of pyridine rings is 1. The first-order chi connectivity index (χ1) is 12.8. The molecule has 1 N–H and O–H groups in total. The summed E-state index contributed by atoms with van der Waals surface area (Å²) in [6.07, 6.45) is 3.94. The first kappa shape index (κ1) is 16.0. The molecule has 4 nitrogen and oxygen atoms in total. The molecule has 4 rings (SSSR count). The van der Waals surface area contributed by atoms with Gasteiger partial charge in [0.15, 0.2) is 18.9 Å². The maximum absolute atomic E-state index is 10.2. The number of benzene rings is 3.